The molecule has 94 valence electrons. The molecule has 0 bridgehead atoms. The summed E-state index contributed by atoms with van der Waals surface area (Å²) in [5, 5.41) is 5.84. The Labute approximate surface area is 102 Å². The highest BCUT2D eigenvalue weighted by Crippen LogP contribution is 2.21. The van der Waals surface area contributed by atoms with Gasteiger partial charge < -0.3 is 15.4 Å². The number of likely N-dealkylation sites (N-methyl/N-ethyl adjacent to an activating group) is 1. The van der Waals surface area contributed by atoms with Crippen LogP contribution in [0.2, 0.25) is 0 Å². The molecule has 0 aliphatic heterocycles. The molecule has 2 N–H and O–H groups in total. The van der Waals surface area contributed by atoms with Gasteiger partial charge in [0.15, 0.2) is 0 Å². The lowest BCUT2D eigenvalue weighted by atomic mass is 10.2. The van der Waals surface area contributed by atoms with Crippen LogP contribution in [0.4, 0.5) is 5.69 Å². The summed E-state index contributed by atoms with van der Waals surface area (Å²) < 4.78 is 5.39. The molecule has 0 aliphatic carbocycles. The first-order chi connectivity index (χ1) is 8.17. The lowest BCUT2D eigenvalue weighted by Gasteiger charge is -2.10. The Morgan fingerprint density at radius 2 is 2.12 bits per heavy atom. The van der Waals surface area contributed by atoms with Crippen LogP contribution in [0.15, 0.2) is 18.2 Å². The number of amides is 1. The van der Waals surface area contributed by atoms with Gasteiger partial charge in [-0.25, -0.2) is 0 Å². The zero-order valence-electron chi connectivity index (χ0n) is 10.7. The Morgan fingerprint density at radius 3 is 2.71 bits per heavy atom. The summed E-state index contributed by atoms with van der Waals surface area (Å²) in [5.74, 6) is 0.800. The van der Waals surface area contributed by atoms with Crippen molar-refractivity contribution in [2.45, 2.75) is 20.8 Å². The van der Waals surface area contributed by atoms with E-state index in [1.807, 2.05) is 39.0 Å². The minimum absolute atomic E-state index is 0.0286. The van der Waals surface area contributed by atoms with Gasteiger partial charge in [-0.15, -0.1) is 0 Å². The van der Waals surface area contributed by atoms with Crippen molar-refractivity contribution in [1.29, 1.82) is 0 Å². The van der Waals surface area contributed by atoms with Crippen molar-refractivity contribution in [3.05, 3.63) is 23.8 Å². The van der Waals surface area contributed by atoms with E-state index in [1.54, 1.807) is 0 Å². The van der Waals surface area contributed by atoms with E-state index in [-0.39, 0.29) is 5.91 Å². The van der Waals surface area contributed by atoms with Gasteiger partial charge in [0.25, 0.3) is 0 Å². The number of hydrogen-bond acceptors (Lipinski definition) is 3. The van der Waals surface area contributed by atoms with E-state index in [9.17, 15) is 4.79 Å². The fourth-order valence-corrected chi connectivity index (χ4v) is 1.47. The summed E-state index contributed by atoms with van der Waals surface area (Å²) in [4.78, 5) is 11.5. The first-order valence-corrected chi connectivity index (χ1v) is 5.91. The van der Waals surface area contributed by atoms with Crippen LogP contribution < -0.4 is 15.4 Å². The fourth-order valence-electron chi connectivity index (χ4n) is 1.47. The van der Waals surface area contributed by atoms with Crippen molar-refractivity contribution in [3.8, 4) is 5.75 Å². The minimum Gasteiger partial charge on any atom is -0.494 e. The van der Waals surface area contributed by atoms with Gasteiger partial charge in [0.2, 0.25) is 5.91 Å². The predicted octanol–water partition coefficient (Wildman–Crippen LogP) is 1.94. The molecule has 0 saturated carbocycles. The van der Waals surface area contributed by atoms with Crippen LogP contribution in [0.1, 0.15) is 19.4 Å². The molecule has 0 fully saturated rings. The van der Waals surface area contributed by atoms with Gasteiger partial charge in [-0.05, 0) is 44.2 Å². The Hall–Kier alpha value is -1.55. The topological polar surface area (TPSA) is 50.4 Å². The molecule has 0 atom stereocenters. The molecule has 4 nitrogen and oxygen atoms in total. The summed E-state index contributed by atoms with van der Waals surface area (Å²) in [6.07, 6.45) is 0. The first-order valence-electron chi connectivity index (χ1n) is 5.91. The van der Waals surface area contributed by atoms with Crippen molar-refractivity contribution in [1.82, 2.24) is 5.32 Å². The van der Waals surface area contributed by atoms with Crippen molar-refractivity contribution in [2.24, 2.45) is 0 Å². The zero-order valence-corrected chi connectivity index (χ0v) is 10.7. The fraction of sp³-hybridized carbons (Fsp3) is 0.462. The van der Waals surface area contributed by atoms with Crippen LogP contribution >= 0.6 is 0 Å². The van der Waals surface area contributed by atoms with E-state index in [0.717, 1.165) is 23.5 Å². The van der Waals surface area contributed by atoms with Crippen LogP contribution in [0, 0.1) is 6.92 Å². The predicted molar refractivity (Wildman–Crippen MR) is 69.5 cm³/mol. The molecular formula is C13H20N2O2. The van der Waals surface area contributed by atoms with Crippen molar-refractivity contribution in [3.63, 3.8) is 0 Å². The lowest BCUT2D eigenvalue weighted by molar-refractivity contribution is -0.115. The third kappa shape index (κ3) is 4.44. The van der Waals surface area contributed by atoms with Crippen molar-refractivity contribution in [2.75, 3.05) is 25.0 Å². The number of rotatable bonds is 6. The first kappa shape index (κ1) is 13.5. The SMILES string of the molecule is CCNCC(=O)Nc1ccc(OCC)cc1C. The summed E-state index contributed by atoms with van der Waals surface area (Å²) in [5.41, 5.74) is 1.83. The highest BCUT2D eigenvalue weighted by molar-refractivity contribution is 5.93. The second-order valence-corrected chi connectivity index (χ2v) is 3.74. The Morgan fingerprint density at radius 1 is 1.35 bits per heavy atom. The summed E-state index contributed by atoms with van der Waals surface area (Å²) in [6, 6.07) is 5.65. The van der Waals surface area contributed by atoms with Crippen molar-refractivity contribution >= 4 is 11.6 Å². The number of aryl methyl sites for hydroxylation is 1. The van der Waals surface area contributed by atoms with Crippen LogP contribution in [0.5, 0.6) is 5.75 Å². The van der Waals surface area contributed by atoms with Crippen LogP contribution in [-0.2, 0) is 4.79 Å². The largest absolute Gasteiger partial charge is 0.494 e. The van der Waals surface area contributed by atoms with Crippen LogP contribution in [-0.4, -0.2) is 25.6 Å². The summed E-state index contributed by atoms with van der Waals surface area (Å²) in [7, 11) is 0. The van der Waals surface area contributed by atoms with E-state index in [4.69, 9.17) is 4.74 Å². The third-order valence-corrected chi connectivity index (χ3v) is 2.32. The molecule has 1 aromatic rings. The average Bonchev–Trinajstić information content (AvgIpc) is 2.30. The Balaban J connectivity index is 2.62. The number of nitrogens with one attached hydrogen (secondary N) is 2. The molecule has 1 rings (SSSR count). The smallest absolute Gasteiger partial charge is 0.238 e. The number of carbonyl (C=O) groups is 1. The molecular weight excluding hydrogens is 216 g/mol. The standard InChI is InChI=1S/C13H20N2O2/c1-4-14-9-13(16)15-12-7-6-11(17-5-2)8-10(12)3/h6-8,14H,4-5,9H2,1-3H3,(H,15,16). The maximum Gasteiger partial charge on any atom is 0.238 e. The molecule has 0 spiro atoms. The molecule has 4 heteroatoms. The molecule has 0 radical (unpaired) electrons. The van der Waals surface area contributed by atoms with Crippen LogP contribution in [0.3, 0.4) is 0 Å². The van der Waals surface area contributed by atoms with Gasteiger partial charge in [0.05, 0.1) is 13.2 Å². The zero-order chi connectivity index (χ0) is 12.7. The van der Waals surface area contributed by atoms with E-state index >= 15 is 0 Å². The molecule has 0 aromatic heterocycles. The third-order valence-electron chi connectivity index (χ3n) is 2.32. The normalized spacial score (nSPS) is 10.1. The maximum atomic E-state index is 11.5. The summed E-state index contributed by atoms with van der Waals surface area (Å²) in [6.45, 7) is 7.63. The second kappa shape index (κ2) is 6.91. The monoisotopic (exact) mass is 236 g/mol. The number of hydrogen-bond donors (Lipinski definition) is 2. The maximum absolute atomic E-state index is 11.5. The molecule has 0 heterocycles. The van der Waals surface area contributed by atoms with E-state index in [2.05, 4.69) is 10.6 Å². The molecule has 17 heavy (non-hydrogen) atoms. The summed E-state index contributed by atoms with van der Waals surface area (Å²) >= 11 is 0. The highest BCUT2D eigenvalue weighted by Gasteiger charge is 2.04. The number of anilines is 1. The number of ether oxygens (including phenoxy) is 1. The highest BCUT2D eigenvalue weighted by atomic mass is 16.5. The number of benzene rings is 1. The quantitative estimate of drug-likeness (QED) is 0.793. The van der Waals surface area contributed by atoms with E-state index < -0.39 is 0 Å². The van der Waals surface area contributed by atoms with Gasteiger partial charge in [0, 0.05) is 5.69 Å². The molecule has 0 saturated heterocycles. The Bertz CT molecular complexity index is 378. The molecule has 1 aromatic carbocycles. The van der Waals surface area contributed by atoms with Gasteiger partial charge in [0.1, 0.15) is 5.75 Å². The van der Waals surface area contributed by atoms with Gasteiger partial charge in [-0.1, -0.05) is 6.92 Å². The van der Waals surface area contributed by atoms with Gasteiger partial charge in [-0.3, -0.25) is 4.79 Å². The Kier molecular flexibility index (Phi) is 5.49. The van der Waals surface area contributed by atoms with E-state index in [1.165, 1.54) is 0 Å². The van der Waals surface area contributed by atoms with Gasteiger partial charge in [-0.2, -0.15) is 0 Å². The molecule has 0 aliphatic rings. The van der Waals surface area contributed by atoms with E-state index in [0.29, 0.717) is 13.2 Å². The minimum atomic E-state index is -0.0286. The van der Waals surface area contributed by atoms with Crippen molar-refractivity contribution < 1.29 is 9.53 Å². The van der Waals surface area contributed by atoms with Gasteiger partial charge >= 0.3 is 0 Å². The van der Waals surface area contributed by atoms with Crippen LogP contribution in [0.25, 0.3) is 0 Å². The average molecular weight is 236 g/mol. The lowest BCUT2D eigenvalue weighted by Crippen LogP contribution is -2.27. The molecule has 0 unspecified atom stereocenters. The second-order valence-electron chi connectivity index (χ2n) is 3.74. The number of carbonyl (C=O) groups excluding carboxylic acids is 1. The molecule has 1 amide bonds.